The van der Waals surface area contributed by atoms with Crippen molar-refractivity contribution < 1.29 is 14.6 Å². The molecule has 0 bridgehead atoms. The topological polar surface area (TPSA) is 66.3 Å². The molecule has 2 N–H and O–H groups in total. The first-order valence-corrected chi connectivity index (χ1v) is 11.6. The van der Waals surface area contributed by atoms with Gasteiger partial charge in [-0.2, -0.15) is 0 Å². The van der Waals surface area contributed by atoms with Gasteiger partial charge in [0, 0.05) is 25.6 Å². The van der Waals surface area contributed by atoms with Crippen molar-refractivity contribution in [3.05, 3.63) is 71.8 Å². The molecule has 32 heavy (non-hydrogen) atoms. The average Bonchev–Trinajstić information content (AvgIpc) is 3.30. The fraction of sp³-hybridized carbons (Fsp3) is 0.500. The highest BCUT2D eigenvalue weighted by molar-refractivity contribution is 5.80. The highest BCUT2D eigenvalue weighted by Gasteiger charge is 2.25. The fourth-order valence-electron chi connectivity index (χ4n) is 3.82. The van der Waals surface area contributed by atoms with Gasteiger partial charge in [0.05, 0.1) is 38.6 Å². The van der Waals surface area contributed by atoms with Crippen molar-refractivity contribution in [2.75, 3.05) is 39.4 Å². The maximum Gasteiger partial charge on any atom is 0.194 e. The van der Waals surface area contributed by atoms with E-state index in [0.29, 0.717) is 19.1 Å². The summed E-state index contributed by atoms with van der Waals surface area (Å²) in [6.45, 7) is 8.69. The minimum atomic E-state index is -0.637. The molecule has 6 heteroatoms. The highest BCUT2D eigenvalue weighted by Crippen LogP contribution is 2.18. The number of rotatable bonds is 11. The normalized spacial score (nSPS) is 18.5. The van der Waals surface area contributed by atoms with Crippen molar-refractivity contribution in [2.45, 2.75) is 39.1 Å². The number of aliphatic hydroxyl groups is 1. The third-order valence-electron chi connectivity index (χ3n) is 5.64. The Balaban J connectivity index is 1.41. The second-order valence-electron chi connectivity index (χ2n) is 8.34. The van der Waals surface area contributed by atoms with Crippen LogP contribution in [-0.2, 0) is 16.1 Å². The van der Waals surface area contributed by atoms with E-state index in [4.69, 9.17) is 9.47 Å². The van der Waals surface area contributed by atoms with Crippen LogP contribution in [0.25, 0.3) is 0 Å². The maximum atomic E-state index is 10.4. The van der Waals surface area contributed by atoms with Gasteiger partial charge in [0.1, 0.15) is 0 Å². The van der Waals surface area contributed by atoms with E-state index in [-0.39, 0.29) is 12.7 Å². The van der Waals surface area contributed by atoms with Crippen LogP contribution in [-0.4, -0.2) is 61.5 Å². The van der Waals surface area contributed by atoms with Crippen LogP contribution in [0.1, 0.15) is 37.5 Å². The first-order chi connectivity index (χ1) is 15.7. The molecule has 0 aromatic heterocycles. The molecule has 2 aromatic carbocycles. The standard InChI is InChI=1S/C26H37N3O3/c1-3-27-26(28-16-25(30)20-32-21(2)24-12-8-5-9-13-24)29-15-14-23(17-29)19-31-18-22-10-6-4-7-11-22/h4-13,21,23,25,30H,3,14-20H2,1-2H3,(H,27,28). The molecule has 1 heterocycles. The van der Waals surface area contributed by atoms with Gasteiger partial charge >= 0.3 is 0 Å². The quantitative estimate of drug-likeness (QED) is 0.413. The van der Waals surface area contributed by atoms with E-state index in [1.807, 2.05) is 55.5 Å². The highest BCUT2D eigenvalue weighted by atomic mass is 16.5. The first kappa shape index (κ1) is 24.2. The van der Waals surface area contributed by atoms with Crippen molar-refractivity contribution in [1.82, 2.24) is 10.2 Å². The summed E-state index contributed by atoms with van der Waals surface area (Å²) in [6.07, 6.45) is 0.389. The number of hydrogen-bond donors (Lipinski definition) is 2. The third kappa shape index (κ3) is 7.93. The van der Waals surface area contributed by atoms with Crippen LogP contribution in [0.3, 0.4) is 0 Å². The molecule has 1 aliphatic rings. The van der Waals surface area contributed by atoms with Crippen molar-refractivity contribution in [3.8, 4) is 0 Å². The molecule has 0 radical (unpaired) electrons. The number of ether oxygens (including phenoxy) is 2. The summed E-state index contributed by atoms with van der Waals surface area (Å²) in [6, 6.07) is 20.3. The summed E-state index contributed by atoms with van der Waals surface area (Å²) in [5.74, 6) is 1.34. The summed E-state index contributed by atoms with van der Waals surface area (Å²) < 4.78 is 11.8. The summed E-state index contributed by atoms with van der Waals surface area (Å²) >= 11 is 0. The predicted molar refractivity (Wildman–Crippen MR) is 129 cm³/mol. The molecule has 1 fully saturated rings. The third-order valence-corrected chi connectivity index (χ3v) is 5.64. The van der Waals surface area contributed by atoms with Gasteiger partial charge in [0.2, 0.25) is 0 Å². The van der Waals surface area contributed by atoms with Gasteiger partial charge in [0.25, 0.3) is 0 Å². The average molecular weight is 440 g/mol. The summed E-state index contributed by atoms with van der Waals surface area (Å²) in [5.41, 5.74) is 2.31. The van der Waals surface area contributed by atoms with Crippen LogP contribution < -0.4 is 5.32 Å². The summed E-state index contributed by atoms with van der Waals surface area (Å²) in [4.78, 5) is 6.93. The summed E-state index contributed by atoms with van der Waals surface area (Å²) in [5, 5.41) is 13.7. The van der Waals surface area contributed by atoms with Crippen molar-refractivity contribution in [1.29, 1.82) is 0 Å². The number of guanidine groups is 1. The maximum absolute atomic E-state index is 10.4. The molecule has 174 valence electrons. The zero-order chi connectivity index (χ0) is 22.6. The van der Waals surface area contributed by atoms with E-state index in [9.17, 15) is 5.11 Å². The Labute approximate surface area is 192 Å². The zero-order valence-corrected chi connectivity index (χ0v) is 19.3. The van der Waals surface area contributed by atoms with Gasteiger partial charge < -0.3 is 24.8 Å². The lowest BCUT2D eigenvalue weighted by molar-refractivity contribution is 0.00105. The van der Waals surface area contributed by atoms with Gasteiger partial charge in [-0.3, -0.25) is 4.99 Å². The van der Waals surface area contributed by atoms with E-state index >= 15 is 0 Å². The van der Waals surface area contributed by atoms with E-state index in [0.717, 1.165) is 44.2 Å². The molecule has 1 saturated heterocycles. The molecule has 0 spiro atoms. The number of nitrogens with zero attached hydrogens (tertiary/aromatic N) is 2. The Hall–Kier alpha value is -2.41. The Kier molecular flexibility index (Phi) is 10.0. The van der Waals surface area contributed by atoms with Crippen molar-refractivity contribution in [2.24, 2.45) is 10.9 Å². The van der Waals surface area contributed by atoms with E-state index in [2.05, 4.69) is 34.3 Å². The first-order valence-electron chi connectivity index (χ1n) is 11.6. The van der Waals surface area contributed by atoms with E-state index < -0.39 is 6.10 Å². The molecular weight excluding hydrogens is 402 g/mol. The van der Waals surface area contributed by atoms with Gasteiger partial charge in [0.15, 0.2) is 5.96 Å². The minimum absolute atomic E-state index is 0.0571. The molecule has 0 aliphatic carbocycles. The number of benzene rings is 2. The number of hydrogen-bond acceptors (Lipinski definition) is 4. The van der Waals surface area contributed by atoms with Crippen LogP contribution in [0.15, 0.2) is 65.7 Å². The zero-order valence-electron chi connectivity index (χ0n) is 19.3. The van der Waals surface area contributed by atoms with Crippen LogP contribution >= 0.6 is 0 Å². The number of aliphatic hydroxyl groups excluding tert-OH is 1. The van der Waals surface area contributed by atoms with Crippen molar-refractivity contribution in [3.63, 3.8) is 0 Å². The Morgan fingerprint density at radius 3 is 2.59 bits per heavy atom. The van der Waals surface area contributed by atoms with Crippen molar-refractivity contribution >= 4 is 5.96 Å². The molecule has 0 saturated carbocycles. The lowest BCUT2D eigenvalue weighted by atomic mass is 10.1. The Bertz CT molecular complexity index is 800. The number of nitrogens with one attached hydrogen (secondary N) is 1. The molecule has 3 rings (SSSR count). The van der Waals surface area contributed by atoms with Crippen LogP contribution in [0.5, 0.6) is 0 Å². The lowest BCUT2D eigenvalue weighted by Gasteiger charge is -2.22. The Morgan fingerprint density at radius 2 is 1.88 bits per heavy atom. The van der Waals surface area contributed by atoms with Crippen LogP contribution in [0.4, 0.5) is 0 Å². The largest absolute Gasteiger partial charge is 0.389 e. The second-order valence-corrected chi connectivity index (χ2v) is 8.34. The molecule has 3 unspecified atom stereocenters. The predicted octanol–water partition coefficient (Wildman–Crippen LogP) is 3.63. The molecule has 1 aliphatic heterocycles. The molecule has 6 nitrogen and oxygen atoms in total. The number of aliphatic imine (C=N–C) groups is 1. The molecule has 3 atom stereocenters. The summed E-state index contributed by atoms with van der Waals surface area (Å²) in [7, 11) is 0. The molecular formula is C26H37N3O3. The SMILES string of the molecule is CCNC(=NCC(O)COC(C)c1ccccc1)N1CCC(COCc2ccccc2)C1. The van der Waals surface area contributed by atoms with Gasteiger partial charge in [-0.05, 0) is 31.4 Å². The minimum Gasteiger partial charge on any atom is -0.389 e. The number of likely N-dealkylation sites (tertiary alicyclic amines) is 1. The van der Waals surface area contributed by atoms with E-state index in [1.54, 1.807) is 0 Å². The van der Waals surface area contributed by atoms with Gasteiger partial charge in [-0.15, -0.1) is 0 Å². The molecule has 0 amide bonds. The second kappa shape index (κ2) is 13.2. The van der Waals surface area contributed by atoms with Crippen LogP contribution in [0.2, 0.25) is 0 Å². The smallest absolute Gasteiger partial charge is 0.194 e. The van der Waals surface area contributed by atoms with Crippen LogP contribution in [0, 0.1) is 5.92 Å². The van der Waals surface area contributed by atoms with E-state index in [1.165, 1.54) is 5.56 Å². The monoisotopic (exact) mass is 439 g/mol. The fourth-order valence-corrected chi connectivity index (χ4v) is 3.82. The molecule has 2 aromatic rings. The Morgan fingerprint density at radius 1 is 1.16 bits per heavy atom. The van der Waals surface area contributed by atoms with Gasteiger partial charge in [-0.25, -0.2) is 0 Å². The van der Waals surface area contributed by atoms with Gasteiger partial charge in [-0.1, -0.05) is 60.7 Å². The lowest BCUT2D eigenvalue weighted by Crippen LogP contribution is -2.41.